The largest absolute Gasteiger partial charge is 0.497 e. The highest BCUT2D eigenvalue weighted by atomic mass is 19.1. The van der Waals surface area contributed by atoms with Crippen molar-refractivity contribution in [2.75, 3.05) is 14.2 Å². The fourth-order valence-electron chi connectivity index (χ4n) is 1.87. The molecule has 0 radical (unpaired) electrons. The molecule has 2 aromatic rings. The Balaban J connectivity index is 2.04. The molecule has 0 aliphatic rings. The minimum absolute atomic E-state index is 0.0151. The summed E-state index contributed by atoms with van der Waals surface area (Å²) in [6.07, 6.45) is 0. The summed E-state index contributed by atoms with van der Waals surface area (Å²) in [6, 6.07) is 11.4. The Hall–Kier alpha value is -2.56. The van der Waals surface area contributed by atoms with Gasteiger partial charge in [-0.2, -0.15) is 0 Å². The van der Waals surface area contributed by atoms with Gasteiger partial charge in [-0.05, 0) is 29.8 Å². The summed E-state index contributed by atoms with van der Waals surface area (Å²) < 4.78 is 23.8. The number of carbonyl (C=O) groups is 1. The molecule has 0 bridgehead atoms. The van der Waals surface area contributed by atoms with Crippen molar-refractivity contribution in [1.29, 1.82) is 0 Å². The number of methoxy groups -OCH3 is 2. The van der Waals surface area contributed by atoms with Crippen LogP contribution in [0, 0.1) is 5.82 Å². The Morgan fingerprint density at radius 1 is 1.10 bits per heavy atom. The quantitative estimate of drug-likeness (QED) is 0.920. The molecule has 0 aliphatic carbocycles. The van der Waals surface area contributed by atoms with Crippen LogP contribution in [0.4, 0.5) is 4.39 Å². The van der Waals surface area contributed by atoms with Gasteiger partial charge in [0.1, 0.15) is 17.3 Å². The molecule has 5 heteroatoms. The van der Waals surface area contributed by atoms with Gasteiger partial charge >= 0.3 is 0 Å². The van der Waals surface area contributed by atoms with Crippen LogP contribution < -0.4 is 14.8 Å². The molecule has 0 saturated heterocycles. The molecule has 1 N–H and O–H groups in total. The lowest BCUT2D eigenvalue weighted by Gasteiger charge is -2.08. The van der Waals surface area contributed by atoms with Gasteiger partial charge in [0, 0.05) is 12.6 Å². The third-order valence-electron chi connectivity index (χ3n) is 3.01. The zero-order valence-electron chi connectivity index (χ0n) is 11.9. The van der Waals surface area contributed by atoms with Crippen molar-refractivity contribution in [3.8, 4) is 11.5 Å². The van der Waals surface area contributed by atoms with Crippen molar-refractivity contribution in [3.63, 3.8) is 0 Å². The van der Waals surface area contributed by atoms with Gasteiger partial charge in [-0.3, -0.25) is 4.79 Å². The second-order valence-electron chi connectivity index (χ2n) is 4.38. The maximum absolute atomic E-state index is 13.8. The van der Waals surface area contributed by atoms with Crippen LogP contribution in [0.2, 0.25) is 0 Å². The fourth-order valence-corrected chi connectivity index (χ4v) is 1.87. The van der Waals surface area contributed by atoms with Crippen LogP contribution in [-0.2, 0) is 6.54 Å². The highest BCUT2D eigenvalue weighted by Gasteiger charge is 2.12. The van der Waals surface area contributed by atoms with E-state index in [1.807, 2.05) is 24.3 Å². The third-order valence-corrected chi connectivity index (χ3v) is 3.01. The molecular formula is C16H16FNO3. The van der Waals surface area contributed by atoms with Gasteiger partial charge in [-0.25, -0.2) is 4.39 Å². The van der Waals surface area contributed by atoms with E-state index in [0.717, 1.165) is 5.56 Å². The molecule has 0 unspecified atom stereocenters. The first-order valence-electron chi connectivity index (χ1n) is 6.38. The van der Waals surface area contributed by atoms with Gasteiger partial charge in [-0.1, -0.05) is 12.1 Å². The predicted molar refractivity (Wildman–Crippen MR) is 77.1 cm³/mol. The standard InChI is InChI=1S/C16H16FNO3/c1-20-12-5-3-4-11(8-12)10-18-16(19)14-7-6-13(21-2)9-15(14)17/h3-9H,10H2,1-2H3,(H,18,19). The summed E-state index contributed by atoms with van der Waals surface area (Å²) in [5.41, 5.74) is 0.857. The Bertz CT molecular complexity index is 643. The second-order valence-corrected chi connectivity index (χ2v) is 4.38. The monoisotopic (exact) mass is 289 g/mol. The molecular weight excluding hydrogens is 273 g/mol. The van der Waals surface area contributed by atoms with Gasteiger partial charge in [0.15, 0.2) is 0 Å². The maximum Gasteiger partial charge on any atom is 0.254 e. The highest BCUT2D eigenvalue weighted by molar-refractivity contribution is 5.94. The Morgan fingerprint density at radius 2 is 1.81 bits per heavy atom. The Morgan fingerprint density at radius 3 is 2.48 bits per heavy atom. The van der Waals surface area contributed by atoms with Gasteiger partial charge < -0.3 is 14.8 Å². The molecule has 110 valence electrons. The summed E-state index contributed by atoms with van der Waals surface area (Å²) in [5, 5.41) is 2.67. The first kappa shape index (κ1) is 14.8. The van der Waals surface area contributed by atoms with Crippen LogP contribution in [0.3, 0.4) is 0 Å². The summed E-state index contributed by atoms with van der Waals surface area (Å²) >= 11 is 0. The first-order valence-corrected chi connectivity index (χ1v) is 6.38. The summed E-state index contributed by atoms with van der Waals surface area (Å²) in [4.78, 5) is 12.0. The summed E-state index contributed by atoms with van der Waals surface area (Å²) in [7, 11) is 3.02. The predicted octanol–water partition coefficient (Wildman–Crippen LogP) is 2.77. The minimum atomic E-state index is -0.613. The Kier molecular flexibility index (Phi) is 4.77. The van der Waals surface area contributed by atoms with Crippen LogP contribution in [0.15, 0.2) is 42.5 Å². The molecule has 0 atom stereocenters. The number of hydrogen-bond donors (Lipinski definition) is 1. The lowest BCUT2D eigenvalue weighted by molar-refractivity contribution is 0.0947. The molecule has 0 aliphatic heterocycles. The van der Waals surface area contributed by atoms with Crippen molar-refractivity contribution < 1.29 is 18.7 Å². The number of hydrogen-bond acceptors (Lipinski definition) is 3. The third kappa shape index (κ3) is 3.72. The van der Waals surface area contributed by atoms with E-state index in [0.29, 0.717) is 18.0 Å². The molecule has 21 heavy (non-hydrogen) atoms. The molecule has 1 amide bonds. The molecule has 0 saturated carbocycles. The summed E-state index contributed by atoms with van der Waals surface area (Å²) in [6.45, 7) is 0.293. The van der Waals surface area contributed by atoms with Crippen molar-refractivity contribution >= 4 is 5.91 Å². The molecule has 0 heterocycles. The van der Waals surface area contributed by atoms with E-state index in [9.17, 15) is 9.18 Å². The van der Waals surface area contributed by atoms with Gasteiger partial charge in [0.05, 0.1) is 19.8 Å². The smallest absolute Gasteiger partial charge is 0.254 e. The molecule has 2 aromatic carbocycles. The van der Waals surface area contributed by atoms with Gasteiger partial charge in [0.2, 0.25) is 0 Å². The van der Waals surface area contributed by atoms with E-state index in [4.69, 9.17) is 9.47 Å². The van der Waals surface area contributed by atoms with Crippen LogP contribution >= 0.6 is 0 Å². The normalized spacial score (nSPS) is 10.0. The number of rotatable bonds is 5. The summed E-state index contributed by atoms with van der Waals surface area (Å²) in [5.74, 6) is -0.00955. The molecule has 0 aromatic heterocycles. The number of nitrogens with one attached hydrogen (secondary N) is 1. The number of ether oxygens (including phenoxy) is 2. The van der Waals surface area contributed by atoms with Gasteiger partial charge in [-0.15, -0.1) is 0 Å². The number of halogens is 1. The van der Waals surface area contributed by atoms with E-state index in [-0.39, 0.29) is 5.56 Å². The lowest BCUT2D eigenvalue weighted by atomic mass is 10.1. The highest BCUT2D eigenvalue weighted by Crippen LogP contribution is 2.16. The SMILES string of the molecule is COc1cccc(CNC(=O)c2ccc(OC)cc2F)c1. The zero-order chi connectivity index (χ0) is 15.2. The fraction of sp³-hybridized carbons (Fsp3) is 0.188. The average molecular weight is 289 g/mol. The molecule has 2 rings (SSSR count). The van der Waals surface area contributed by atoms with Crippen LogP contribution in [0.25, 0.3) is 0 Å². The van der Waals surface area contributed by atoms with E-state index in [2.05, 4.69) is 5.32 Å². The van der Waals surface area contributed by atoms with Gasteiger partial charge in [0.25, 0.3) is 5.91 Å². The Labute approximate surface area is 122 Å². The molecule has 0 fully saturated rings. The van der Waals surface area contributed by atoms with Crippen molar-refractivity contribution in [3.05, 3.63) is 59.4 Å². The lowest BCUT2D eigenvalue weighted by Crippen LogP contribution is -2.23. The molecule has 4 nitrogen and oxygen atoms in total. The van der Waals surface area contributed by atoms with Crippen molar-refractivity contribution in [2.45, 2.75) is 6.54 Å². The topological polar surface area (TPSA) is 47.6 Å². The minimum Gasteiger partial charge on any atom is -0.497 e. The van der Waals surface area contributed by atoms with E-state index in [1.54, 1.807) is 13.2 Å². The maximum atomic E-state index is 13.8. The van der Waals surface area contributed by atoms with Crippen LogP contribution in [-0.4, -0.2) is 20.1 Å². The van der Waals surface area contributed by atoms with E-state index in [1.165, 1.54) is 19.2 Å². The van der Waals surface area contributed by atoms with Crippen LogP contribution in [0.5, 0.6) is 11.5 Å². The number of benzene rings is 2. The number of amides is 1. The first-order chi connectivity index (χ1) is 10.1. The average Bonchev–Trinajstić information content (AvgIpc) is 2.52. The van der Waals surface area contributed by atoms with Crippen molar-refractivity contribution in [2.24, 2.45) is 0 Å². The van der Waals surface area contributed by atoms with E-state index < -0.39 is 11.7 Å². The number of carbonyl (C=O) groups excluding carboxylic acids is 1. The zero-order valence-corrected chi connectivity index (χ0v) is 11.9. The van der Waals surface area contributed by atoms with Crippen molar-refractivity contribution in [1.82, 2.24) is 5.32 Å². The second kappa shape index (κ2) is 6.74. The molecule has 0 spiro atoms. The van der Waals surface area contributed by atoms with Crippen LogP contribution in [0.1, 0.15) is 15.9 Å². The van der Waals surface area contributed by atoms with E-state index >= 15 is 0 Å².